The number of rotatable bonds is 8. The number of aryl methyl sites for hydroxylation is 1. The number of nitrogens with two attached hydrogens (primary N) is 1. The Kier molecular flexibility index (Phi) is 6.54. The van der Waals surface area contributed by atoms with Crippen molar-refractivity contribution in [3.05, 3.63) is 48.8 Å². The third kappa shape index (κ3) is 4.52. The number of likely N-dealkylation sites (tertiary alicyclic amines) is 1. The van der Waals surface area contributed by atoms with Gasteiger partial charge in [-0.15, -0.1) is 0 Å². The molecule has 10 heteroatoms. The fourth-order valence-electron chi connectivity index (χ4n) is 4.35. The molecule has 9 nitrogen and oxygen atoms in total. The van der Waals surface area contributed by atoms with Crippen LogP contribution in [0.15, 0.2) is 53.7 Å². The number of aromatic amines is 1. The number of nitrogens with one attached hydrogen (secondary N) is 2. The third-order valence-corrected chi connectivity index (χ3v) is 7.61. The molecular weight excluding hydrogens is 430 g/mol. The van der Waals surface area contributed by atoms with Gasteiger partial charge in [-0.1, -0.05) is 6.07 Å². The quantitative estimate of drug-likeness (QED) is 0.407. The fourth-order valence-corrected chi connectivity index (χ4v) is 5.80. The summed E-state index contributed by atoms with van der Waals surface area (Å²) >= 11 is 0. The molecule has 5 N–H and O–H groups in total. The number of sulfonamides is 1. The van der Waals surface area contributed by atoms with Gasteiger partial charge in [0, 0.05) is 36.4 Å². The van der Waals surface area contributed by atoms with Gasteiger partial charge in [-0.25, -0.2) is 8.42 Å². The van der Waals surface area contributed by atoms with Gasteiger partial charge in [0.15, 0.2) is 0 Å². The number of hydrogen-bond acceptors (Lipinski definition) is 5. The highest BCUT2D eigenvalue weighted by atomic mass is 32.2. The van der Waals surface area contributed by atoms with Crippen molar-refractivity contribution in [3.8, 4) is 0 Å². The Bertz CT molecular complexity index is 1190. The molecule has 0 spiro atoms. The molecular formula is C22H29N5O4S. The largest absolute Gasteiger partial charge is 0.394 e. The SMILES string of the molecule is Nc1cccn1CCC(NS(=O)(=O)c1cccc2[nH]ccc12)C(=O)N1CCCCC1CO. The van der Waals surface area contributed by atoms with Crippen molar-refractivity contribution in [1.82, 2.24) is 19.2 Å². The predicted octanol–water partition coefficient (Wildman–Crippen LogP) is 1.66. The molecule has 1 fully saturated rings. The molecule has 2 atom stereocenters. The zero-order valence-corrected chi connectivity index (χ0v) is 18.6. The maximum atomic E-state index is 13.5. The molecule has 0 aliphatic carbocycles. The van der Waals surface area contributed by atoms with Gasteiger partial charge in [0.25, 0.3) is 0 Å². The molecule has 4 rings (SSSR count). The zero-order valence-electron chi connectivity index (χ0n) is 17.8. The number of carbonyl (C=O) groups excluding carboxylic acids is 1. The van der Waals surface area contributed by atoms with Crippen LogP contribution in [0.25, 0.3) is 10.9 Å². The first-order valence-electron chi connectivity index (χ1n) is 10.8. The first kappa shape index (κ1) is 22.4. The summed E-state index contributed by atoms with van der Waals surface area (Å²) in [5.74, 6) is 0.224. The molecule has 1 amide bonds. The Balaban J connectivity index is 1.62. The molecule has 1 aromatic carbocycles. The molecule has 1 aliphatic rings. The fraction of sp³-hybridized carbons (Fsp3) is 0.409. The monoisotopic (exact) mass is 459 g/mol. The van der Waals surface area contributed by atoms with Crippen molar-refractivity contribution in [2.75, 3.05) is 18.9 Å². The summed E-state index contributed by atoms with van der Waals surface area (Å²) < 4.78 is 31.1. The van der Waals surface area contributed by atoms with Crippen LogP contribution in [0.4, 0.5) is 5.82 Å². The molecule has 3 aromatic rings. The highest BCUT2D eigenvalue weighted by molar-refractivity contribution is 7.89. The zero-order chi connectivity index (χ0) is 22.7. The van der Waals surface area contributed by atoms with E-state index in [1.807, 2.05) is 0 Å². The molecule has 2 aromatic heterocycles. The molecule has 1 aliphatic heterocycles. The van der Waals surface area contributed by atoms with Gasteiger partial charge >= 0.3 is 0 Å². The number of benzene rings is 1. The smallest absolute Gasteiger partial charge is 0.241 e. The van der Waals surface area contributed by atoms with E-state index in [0.717, 1.165) is 12.8 Å². The number of amides is 1. The summed E-state index contributed by atoms with van der Waals surface area (Å²) in [7, 11) is -3.99. The van der Waals surface area contributed by atoms with E-state index in [-0.39, 0.29) is 29.9 Å². The van der Waals surface area contributed by atoms with Crippen LogP contribution in [-0.4, -0.2) is 59.1 Å². The van der Waals surface area contributed by atoms with Crippen LogP contribution < -0.4 is 10.5 Å². The van der Waals surface area contributed by atoms with Crippen molar-refractivity contribution in [2.45, 2.75) is 49.2 Å². The first-order chi connectivity index (χ1) is 15.4. The molecule has 172 valence electrons. The van der Waals surface area contributed by atoms with E-state index in [1.54, 1.807) is 52.2 Å². The lowest BCUT2D eigenvalue weighted by atomic mass is 10.0. The Hall–Kier alpha value is -2.82. The minimum atomic E-state index is -3.99. The molecule has 2 unspecified atom stereocenters. The van der Waals surface area contributed by atoms with Crippen LogP contribution in [0.2, 0.25) is 0 Å². The van der Waals surface area contributed by atoms with Crippen molar-refractivity contribution in [1.29, 1.82) is 0 Å². The summed E-state index contributed by atoms with van der Waals surface area (Å²) in [6.45, 7) is 0.740. The normalized spacial score (nSPS) is 18.2. The number of nitrogen functional groups attached to an aromatic ring is 1. The predicted molar refractivity (Wildman–Crippen MR) is 122 cm³/mol. The van der Waals surface area contributed by atoms with Gasteiger partial charge in [-0.3, -0.25) is 4.79 Å². The molecule has 32 heavy (non-hydrogen) atoms. The molecule has 3 heterocycles. The van der Waals surface area contributed by atoms with Gasteiger partial charge in [-0.2, -0.15) is 4.72 Å². The topological polar surface area (TPSA) is 133 Å². The number of aliphatic hydroxyl groups excluding tert-OH is 1. The number of hydrogen-bond donors (Lipinski definition) is 4. The molecule has 0 radical (unpaired) electrons. The van der Waals surface area contributed by atoms with Crippen LogP contribution in [0.3, 0.4) is 0 Å². The van der Waals surface area contributed by atoms with E-state index in [2.05, 4.69) is 9.71 Å². The molecule has 1 saturated heterocycles. The van der Waals surface area contributed by atoms with Crippen molar-refractivity contribution < 1.29 is 18.3 Å². The van der Waals surface area contributed by atoms with Crippen molar-refractivity contribution in [2.24, 2.45) is 0 Å². The van der Waals surface area contributed by atoms with Gasteiger partial charge in [0.1, 0.15) is 11.9 Å². The number of aromatic nitrogens is 2. The van der Waals surface area contributed by atoms with Crippen LogP contribution in [0.1, 0.15) is 25.7 Å². The Morgan fingerprint density at radius 1 is 1.25 bits per heavy atom. The second-order valence-corrected chi connectivity index (χ2v) is 9.83. The first-order valence-corrected chi connectivity index (χ1v) is 12.3. The number of aliphatic hydroxyl groups is 1. The molecule has 0 bridgehead atoms. The average Bonchev–Trinajstić information content (AvgIpc) is 3.44. The number of H-pyrrole nitrogens is 1. The highest BCUT2D eigenvalue weighted by Crippen LogP contribution is 2.24. The maximum absolute atomic E-state index is 13.5. The number of nitrogens with zero attached hydrogens (tertiary/aromatic N) is 2. The summed E-state index contributed by atoms with van der Waals surface area (Å²) in [6.07, 6.45) is 6.17. The number of carbonyl (C=O) groups is 1. The standard InChI is InChI=1S/C22H29N5O4S/c23-21-8-4-12-26(21)14-10-19(22(29)27-13-2-1-5-16(27)15-28)25-32(30,31)20-7-3-6-18-17(20)9-11-24-18/h3-4,6-9,11-12,16,19,24-25,28H,1-2,5,10,13-15,23H2. The van der Waals surface area contributed by atoms with E-state index in [9.17, 15) is 18.3 Å². The summed E-state index contributed by atoms with van der Waals surface area (Å²) in [5.41, 5.74) is 6.65. The van der Waals surface area contributed by atoms with Crippen LogP contribution in [-0.2, 0) is 21.4 Å². The summed E-state index contributed by atoms with van der Waals surface area (Å²) in [6, 6.07) is 8.96. The van der Waals surface area contributed by atoms with E-state index in [1.165, 1.54) is 6.07 Å². The maximum Gasteiger partial charge on any atom is 0.241 e. The lowest BCUT2D eigenvalue weighted by molar-refractivity contribution is -0.138. The van der Waals surface area contributed by atoms with Crippen LogP contribution >= 0.6 is 0 Å². The Morgan fingerprint density at radius 3 is 2.84 bits per heavy atom. The second kappa shape index (κ2) is 9.35. The number of anilines is 1. The van der Waals surface area contributed by atoms with E-state index in [4.69, 9.17) is 5.73 Å². The Morgan fingerprint density at radius 2 is 2.09 bits per heavy atom. The lowest BCUT2D eigenvalue weighted by Crippen LogP contribution is -2.54. The van der Waals surface area contributed by atoms with Crippen LogP contribution in [0.5, 0.6) is 0 Å². The van der Waals surface area contributed by atoms with Gasteiger partial charge in [-0.05, 0) is 56.0 Å². The molecule has 0 saturated carbocycles. The third-order valence-electron chi connectivity index (χ3n) is 6.08. The summed E-state index contributed by atoms with van der Waals surface area (Å²) in [5, 5.41) is 10.3. The number of fused-ring (bicyclic) bond motifs is 1. The van der Waals surface area contributed by atoms with Gasteiger partial charge in [0.05, 0.1) is 17.5 Å². The van der Waals surface area contributed by atoms with Gasteiger partial charge in [0.2, 0.25) is 15.9 Å². The Labute approximate surface area is 187 Å². The van der Waals surface area contributed by atoms with Crippen LogP contribution in [0, 0.1) is 0 Å². The van der Waals surface area contributed by atoms with E-state index < -0.39 is 16.1 Å². The van der Waals surface area contributed by atoms with E-state index >= 15 is 0 Å². The van der Waals surface area contributed by atoms with Gasteiger partial charge < -0.3 is 25.3 Å². The number of piperidine rings is 1. The van der Waals surface area contributed by atoms with Crippen molar-refractivity contribution >= 4 is 32.7 Å². The average molecular weight is 460 g/mol. The second-order valence-electron chi connectivity index (χ2n) is 8.15. The highest BCUT2D eigenvalue weighted by Gasteiger charge is 2.34. The van der Waals surface area contributed by atoms with Crippen molar-refractivity contribution in [3.63, 3.8) is 0 Å². The summed E-state index contributed by atoms with van der Waals surface area (Å²) in [4.78, 5) is 18.2. The minimum Gasteiger partial charge on any atom is -0.394 e. The van der Waals surface area contributed by atoms with E-state index in [0.29, 0.717) is 36.2 Å². The minimum absolute atomic E-state index is 0.117. The lowest BCUT2D eigenvalue weighted by Gasteiger charge is -2.37.